The van der Waals surface area contributed by atoms with Crippen LogP contribution in [-0.4, -0.2) is 16.5 Å². The average Bonchev–Trinajstić information content (AvgIpc) is 2.59. The molecule has 1 heterocycles. The van der Waals surface area contributed by atoms with E-state index in [1.54, 1.807) is 6.07 Å². The van der Waals surface area contributed by atoms with Crippen molar-refractivity contribution >= 4 is 16.5 Å². The van der Waals surface area contributed by atoms with Crippen molar-refractivity contribution in [2.45, 2.75) is 13.8 Å². The Morgan fingerprint density at radius 3 is 2.44 bits per heavy atom. The van der Waals surface area contributed by atoms with Crippen molar-refractivity contribution in [2.24, 2.45) is 0 Å². The molecule has 0 N–H and O–H groups in total. The van der Waals surface area contributed by atoms with E-state index < -0.39 is 4.92 Å². The molecule has 3 aromatic rings. The molecule has 0 saturated carbocycles. The SMILES string of the molecule is C#CCOc1nc(-c2ccc(C)cc2)c([N+](=O)[O-])c2ccc(C)cc12. The van der Waals surface area contributed by atoms with Crippen molar-refractivity contribution in [1.29, 1.82) is 0 Å². The molecular formula is C20H16N2O3. The molecule has 3 rings (SSSR count). The normalized spacial score (nSPS) is 10.4. The number of rotatable bonds is 4. The molecule has 0 spiro atoms. The van der Waals surface area contributed by atoms with Gasteiger partial charge in [-0.2, -0.15) is 0 Å². The summed E-state index contributed by atoms with van der Waals surface area (Å²) in [6.45, 7) is 3.90. The summed E-state index contributed by atoms with van der Waals surface area (Å²) in [4.78, 5) is 15.8. The Balaban J connectivity index is 2.37. The first-order chi connectivity index (χ1) is 12.0. The van der Waals surface area contributed by atoms with Gasteiger partial charge in [-0.1, -0.05) is 47.4 Å². The Morgan fingerprint density at radius 1 is 1.12 bits per heavy atom. The summed E-state index contributed by atoms with van der Waals surface area (Å²) < 4.78 is 5.57. The van der Waals surface area contributed by atoms with Crippen LogP contribution in [-0.2, 0) is 0 Å². The first-order valence-corrected chi connectivity index (χ1v) is 7.73. The Labute approximate surface area is 145 Å². The smallest absolute Gasteiger partial charge is 0.303 e. The van der Waals surface area contributed by atoms with E-state index in [0.717, 1.165) is 11.1 Å². The highest BCUT2D eigenvalue weighted by atomic mass is 16.6. The van der Waals surface area contributed by atoms with E-state index in [-0.39, 0.29) is 18.0 Å². The molecule has 0 aliphatic heterocycles. The molecule has 5 heteroatoms. The van der Waals surface area contributed by atoms with Gasteiger partial charge in [-0.3, -0.25) is 10.1 Å². The summed E-state index contributed by atoms with van der Waals surface area (Å²) in [6.07, 6.45) is 5.28. The maximum absolute atomic E-state index is 11.8. The maximum atomic E-state index is 11.8. The Hall–Kier alpha value is -3.39. The van der Waals surface area contributed by atoms with Gasteiger partial charge < -0.3 is 4.74 Å². The van der Waals surface area contributed by atoms with Crippen LogP contribution in [0.3, 0.4) is 0 Å². The minimum atomic E-state index is -0.398. The van der Waals surface area contributed by atoms with Crippen LogP contribution >= 0.6 is 0 Å². The number of terminal acetylenes is 1. The second-order valence-corrected chi connectivity index (χ2v) is 5.78. The summed E-state index contributed by atoms with van der Waals surface area (Å²) in [5.41, 5.74) is 2.91. The molecule has 0 saturated heterocycles. The van der Waals surface area contributed by atoms with Crippen molar-refractivity contribution in [3.63, 3.8) is 0 Å². The quantitative estimate of drug-likeness (QED) is 0.402. The first kappa shape index (κ1) is 16.5. The second kappa shape index (κ2) is 6.62. The largest absolute Gasteiger partial charge is 0.464 e. The number of nitro groups is 1. The maximum Gasteiger partial charge on any atom is 0.303 e. The zero-order valence-electron chi connectivity index (χ0n) is 13.9. The zero-order chi connectivity index (χ0) is 18.0. The third-order valence-corrected chi connectivity index (χ3v) is 3.90. The van der Waals surface area contributed by atoms with E-state index in [9.17, 15) is 10.1 Å². The minimum Gasteiger partial charge on any atom is -0.464 e. The van der Waals surface area contributed by atoms with Crippen molar-refractivity contribution in [3.8, 4) is 29.5 Å². The summed E-state index contributed by atoms with van der Waals surface area (Å²) in [6, 6.07) is 12.8. The standard InChI is InChI=1S/C20H16N2O3/c1-4-11-25-20-17-12-14(3)7-10-16(17)19(22(23)24)18(21-20)15-8-5-13(2)6-9-15/h1,5-10,12H,11H2,2-3H3. The fraction of sp³-hybridized carbons (Fsp3) is 0.150. The van der Waals surface area contributed by atoms with Gasteiger partial charge in [0.1, 0.15) is 0 Å². The molecule has 25 heavy (non-hydrogen) atoms. The fourth-order valence-electron chi connectivity index (χ4n) is 2.70. The van der Waals surface area contributed by atoms with E-state index >= 15 is 0 Å². The van der Waals surface area contributed by atoms with Crippen LogP contribution in [0.25, 0.3) is 22.0 Å². The van der Waals surface area contributed by atoms with Gasteiger partial charge in [0.05, 0.1) is 15.7 Å². The van der Waals surface area contributed by atoms with Gasteiger partial charge in [-0.25, -0.2) is 4.98 Å². The number of aryl methyl sites for hydroxylation is 2. The van der Waals surface area contributed by atoms with Crippen molar-refractivity contribution in [3.05, 3.63) is 63.7 Å². The van der Waals surface area contributed by atoms with Gasteiger partial charge in [-0.05, 0) is 26.0 Å². The number of nitrogens with zero attached hydrogens (tertiary/aromatic N) is 2. The van der Waals surface area contributed by atoms with Gasteiger partial charge in [0.2, 0.25) is 5.88 Å². The number of aromatic nitrogens is 1. The molecule has 0 radical (unpaired) electrons. The third kappa shape index (κ3) is 3.15. The Morgan fingerprint density at radius 2 is 1.80 bits per heavy atom. The lowest BCUT2D eigenvalue weighted by Crippen LogP contribution is -2.02. The Bertz CT molecular complexity index is 1000. The molecule has 124 valence electrons. The highest BCUT2D eigenvalue weighted by Crippen LogP contribution is 2.39. The van der Waals surface area contributed by atoms with Crippen LogP contribution in [0.4, 0.5) is 5.69 Å². The number of fused-ring (bicyclic) bond motifs is 1. The lowest BCUT2D eigenvalue weighted by molar-refractivity contribution is -0.382. The van der Waals surface area contributed by atoms with Gasteiger partial charge in [-0.15, -0.1) is 6.42 Å². The summed E-state index contributed by atoms with van der Waals surface area (Å²) in [5.74, 6) is 2.71. The molecule has 0 unspecified atom stereocenters. The van der Waals surface area contributed by atoms with Gasteiger partial charge >= 0.3 is 5.69 Å². The Kier molecular flexibility index (Phi) is 4.36. The molecule has 0 aliphatic carbocycles. The molecule has 0 fully saturated rings. The number of ether oxygens (including phenoxy) is 1. The number of hydrogen-bond donors (Lipinski definition) is 0. The highest BCUT2D eigenvalue weighted by molar-refractivity contribution is 5.99. The van der Waals surface area contributed by atoms with E-state index in [1.165, 1.54) is 0 Å². The van der Waals surface area contributed by atoms with Crippen molar-refractivity contribution < 1.29 is 9.66 Å². The van der Waals surface area contributed by atoms with Crippen LogP contribution < -0.4 is 4.74 Å². The van der Waals surface area contributed by atoms with Gasteiger partial charge in [0, 0.05) is 5.56 Å². The molecular weight excluding hydrogens is 316 g/mol. The summed E-state index contributed by atoms with van der Waals surface area (Å²) >= 11 is 0. The highest BCUT2D eigenvalue weighted by Gasteiger charge is 2.24. The van der Waals surface area contributed by atoms with Gasteiger partial charge in [0.25, 0.3) is 0 Å². The molecule has 0 atom stereocenters. The van der Waals surface area contributed by atoms with Crippen molar-refractivity contribution in [2.75, 3.05) is 6.61 Å². The van der Waals surface area contributed by atoms with E-state index in [2.05, 4.69) is 10.9 Å². The number of benzene rings is 2. The van der Waals surface area contributed by atoms with Crippen LogP contribution in [0.15, 0.2) is 42.5 Å². The first-order valence-electron chi connectivity index (χ1n) is 7.73. The summed E-state index contributed by atoms with van der Waals surface area (Å²) in [7, 11) is 0. The lowest BCUT2D eigenvalue weighted by Gasteiger charge is -2.11. The average molecular weight is 332 g/mol. The summed E-state index contributed by atoms with van der Waals surface area (Å²) in [5, 5.41) is 12.8. The third-order valence-electron chi connectivity index (χ3n) is 3.90. The predicted molar refractivity (Wildman–Crippen MR) is 97.6 cm³/mol. The van der Waals surface area contributed by atoms with Crippen LogP contribution in [0.2, 0.25) is 0 Å². The molecule has 5 nitrogen and oxygen atoms in total. The van der Waals surface area contributed by atoms with E-state index in [1.807, 2.05) is 50.2 Å². The second-order valence-electron chi connectivity index (χ2n) is 5.78. The molecule has 0 bridgehead atoms. The molecule has 1 aromatic heterocycles. The predicted octanol–water partition coefficient (Wildman–Crippen LogP) is 4.44. The molecule has 0 aliphatic rings. The number of pyridine rings is 1. The van der Waals surface area contributed by atoms with E-state index in [4.69, 9.17) is 11.2 Å². The monoisotopic (exact) mass is 332 g/mol. The fourth-order valence-corrected chi connectivity index (χ4v) is 2.70. The van der Waals surface area contributed by atoms with Crippen LogP contribution in [0, 0.1) is 36.3 Å². The minimum absolute atomic E-state index is 0.0353. The van der Waals surface area contributed by atoms with Crippen LogP contribution in [0.5, 0.6) is 5.88 Å². The van der Waals surface area contributed by atoms with Gasteiger partial charge in [0.15, 0.2) is 12.3 Å². The van der Waals surface area contributed by atoms with E-state index in [0.29, 0.717) is 22.2 Å². The van der Waals surface area contributed by atoms with Crippen molar-refractivity contribution in [1.82, 2.24) is 4.98 Å². The molecule has 0 amide bonds. The zero-order valence-corrected chi connectivity index (χ0v) is 13.9. The topological polar surface area (TPSA) is 65.3 Å². The lowest BCUT2D eigenvalue weighted by atomic mass is 10.0. The molecule has 2 aromatic carbocycles. The van der Waals surface area contributed by atoms with Crippen LogP contribution in [0.1, 0.15) is 11.1 Å². The number of hydrogen-bond acceptors (Lipinski definition) is 4.